The molecule has 0 saturated heterocycles. The number of carboxylic acids is 1. The van der Waals surface area contributed by atoms with Crippen LogP contribution in [0.4, 0.5) is 0 Å². The summed E-state index contributed by atoms with van der Waals surface area (Å²) < 4.78 is 7.94. The number of carbonyl (C=O) groups is 1. The molecule has 152 valence electrons. The molecule has 1 unspecified atom stereocenters. The zero-order chi connectivity index (χ0) is 20.1. The van der Waals surface area contributed by atoms with E-state index in [1.54, 1.807) is 6.92 Å². The number of carboxylic acid groups (broad SMARTS) is 1. The summed E-state index contributed by atoms with van der Waals surface area (Å²) in [4.78, 5) is 11.3. The number of ether oxygens (including phenoxy) is 1. The van der Waals surface area contributed by atoms with Crippen LogP contribution < -0.4 is 4.74 Å². The summed E-state index contributed by atoms with van der Waals surface area (Å²) in [6.45, 7) is 6.62. The average Bonchev–Trinajstić information content (AvgIpc) is 3.10. The molecule has 1 aromatic carbocycles. The SMILES string of the molecule is CC(C)COc1ccc(-c2nnc(SC(C)C(=O)O)n2C2CCCCC2)cc1. The van der Waals surface area contributed by atoms with Crippen LogP contribution in [-0.2, 0) is 4.79 Å². The predicted octanol–water partition coefficient (Wildman–Crippen LogP) is 5.05. The number of hydrogen-bond donors (Lipinski definition) is 1. The average molecular weight is 404 g/mol. The Labute approximate surface area is 170 Å². The van der Waals surface area contributed by atoms with Gasteiger partial charge in [0.2, 0.25) is 0 Å². The van der Waals surface area contributed by atoms with Gasteiger partial charge in [0.15, 0.2) is 11.0 Å². The normalized spacial score (nSPS) is 16.3. The number of rotatable bonds is 8. The molecule has 3 rings (SSSR count). The molecule has 1 N–H and O–H groups in total. The summed E-state index contributed by atoms with van der Waals surface area (Å²) in [7, 11) is 0. The van der Waals surface area contributed by atoms with Gasteiger partial charge >= 0.3 is 5.97 Å². The van der Waals surface area contributed by atoms with Crippen LogP contribution in [0.15, 0.2) is 29.4 Å². The van der Waals surface area contributed by atoms with Crippen LogP contribution in [0.25, 0.3) is 11.4 Å². The molecule has 2 aromatic rings. The first-order valence-electron chi connectivity index (χ1n) is 10.0. The van der Waals surface area contributed by atoms with Gasteiger partial charge in [-0.25, -0.2) is 0 Å². The van der Waals surface area contributed by atoms with E-state index in [-0.39, 0.29) is 0 Å². The first-order valence-corrected chi connectivity index (χ1v) is 10.9. The molecule has 1 aliphatic carbocycles. The van der Waals surface area contributed by atoms with Gasteiger partial charge in [-0.15, -0.1) is 10.2 Å². The molecule has 1 aromatic heterocycles. The van der Waals surface area contributed by atoms with E-state index in [0.717, 1.165) is 30.0 Å². The standard InChI is InChI=1S/C21H29N3O3S/c1-14(2)13-27-18-11-9-16(10-12-18)19-22-23-21(28-15(3)20(25)26)24(19)17-7-5-4-6-8-17/h9-12,14-15,17H,4-8,13H2,1-3H3,(H,25,26). The van der Waals surface area contributed by atoms with Crippen molar-refractivity contribution in [3.05, 3.63) is 24.3 Å². The molecule has 0 amide bonds. The molecule has 0 bridgehead atoms. The first-order chi connectivity index (χ1) is 13.5. The van der Waals surface area contributed by atoms with Crippen molar-refractivity contribution in [3.63, 3.8) is 0 Å². The van der Waals surface area contributed by atoms with Gasteiger partial charge in [-0.1, -0.05) is 44.9 Å². The largest absolute Gasteiger partial charge is 0.493 e. The first kappa shape index (κ1) is 20.7. The van der Waals surface area contributed by atoms with E-state index in [9.17, 15) is 9.90 Å². The van der Waals surface area contributed by atoms with Crippen LogP contribution in [0.5, 0.6) is 5.75 Å². The Morgan fingerprint density at radius 3 is 2.46 bits per heavy atom. The summed E-state index contributed by atoms with van der Waals surface area (Å²) in [6, 6.07) is 8.26. The van der Waals surface area contributed by atoms with Gasteiger partial charge in [-0.05, 0) is 49.9 Å². The molecule has 1 atom stereocenters. The second-order valence-electron chi connectivity index (χ2n) is 7.80. The highest BCUT2D eigenvalue weighted by molar-refractivity contribution is 8.00. The van der Waals surface area contributed by atoms with Crippen LogP contribution in [0.1, 0.15) is 58.9 Å². The number of benzene rings is 1. The lowest BCUT2D eigenvalue weighted by Crippen LogP contribution is -2.17. The van der Waals surface area contributed by atoms with Gasteiger partial charge in [0.25, 0.3) is 0 Å². The second kappa shape index (κ2) is 9.45. The zero-order valence-corrected chi connectivity index (χ0v) is 17.6. The summed E-state index contributed by atoms with van der Waals surface area (Å²) in [5.41, 5.74) is 0.977. The van der Waals surface area contributed by atoms with Crippen molar-refractivity contribution >= 4 is 17.7 Å². The van der Waals surface area contributed by atoms with E-state index in [2.05, 4.69) is 28.6 Å². The van der Waals surface area contributed by atoms with Crippen molar-refractivity contribution in [1.82, 2.24) is 14.8 Å². The smallest absolute Gasteiger partial charge is 0.316 e. The number of nitrogens with zero attached hydrogens (tertiary/aromatic N) is 3. The van der Waals surface area contributed by atoms with Crippen LogP contribution in [0.2, 0.25) is 0 Å². The van der Waals surface area contributed by atoms with Crippen LogP contribution >= 0.6 is 11.8 Å². The highest BCUT2D eigenvalue weighted by Gasteiger charge is 2.26. The Balaban J connectivity index is 1.89. The molecular formula is C21H29N3O3S. The van der Waals surface area contributed by atoms with E-state index in [0.29, 0.717) is 23.7 Å². The lowest BCUT2D eigenvalue weighted by Gasteiger charge is -2.26. The zero-order valence-electron chi connectivity index (χ0n) is 16.8. The lowest BCUT2D eigenvalue weighted by atomic mass is 9.95. The Bertz CT molecular complexity index is 783. The molecule has 1 heterocycles. The van der Waals surface area contributed by atoms with Crippen molar-refractivity contribution in [3.8, 4) is 17.1 Å². The minimum atomic E-state index is -0.837. The second-order valence-corrected chi connectivity index (χ2v) is 9.10. The summed E-state index contributed by atoms with van der Waals surface area (Å²) >= 11 is 1.27. The molecule has 1 saturated carbocycles. The maximum atomic E-state index is 11.3. The summed E-state index contributed by atoms with van der Waals surface area (Å²) in [5.74, 6) is 1.29. The predicted molar refractivity (Wildman–Crippen MR) is 111 cm³/mol. The minimum Gasteiger partial charge on any atom is -0.493 e. The van der Waals surface area contributed by atoms with E-state index in [1.807, 2.05) is 24.3 Å². The van der Waals surface area contributed by atoms with Gasteiger partial charge in [-0.3, -0.25) is 9.36 Å². The van der Waals surface area contributed by atoms with E-state index < -0.39 is 11.2 Å². The number of thioether (sulfide) groups is 1. The Kier molecular flexibility index (Phi) is 6.99. The van der Waals surface area contributed by atoms with E-state index in [4.69, 9.17) is 4.74 Å². The summed E-state index contributed by atoms with van der Waals surface area (Å²) in [6.07, 6.45) is 5.78. The van der Waals surface area contributed by atoms with E-state index in [1.165, 1.54) is 31.0 Å². The highest BCUT2D eigenvalue weighted by atomic mass is 32.2. The van der Waals surface area contributed by atoms with Crippen molar-refractivity contribution < 1.29 is 14.6 Å². The van der Waals surface area contributed by atoms with Gasteiger partial charge in [0.1, 0.15) is 11.0 Å². The van der Waals surface area contributed by atoms with Gasteiger partial charge in [-0.2, -0.15) is 0 Å². The molecule has 0 aliphatic heterocycles. The summed E-state index contributed by atoms with van der Waals surface area (Å²) in [5, 5.41) is 18.2. The van der Waals surface area contributed by atoms with Crippen molar-refractivity contribution in [2.24, 2.45) is 5.92 Å². The number of hydrogen-bond acceptors (Lipinski definition) is 5. The number of aliphatic carboxylic acids is 1. The molecule has 0 radical (unpaired) electrons. The Morgan fingerprint density at radius 1 is 1.18 bits per heavy atom. The van der Waals surface area contributed by atoms with E-state index >= 15 is 0 Å². The van der Waals surface area contributed by atoms with Gasteiger partial charge in [0.05, 0.1) is 6.61 Å². The fourth-order valence-corrected chi connectivity index (χ4v) is 4.25. The van der Waals surface area contributed by atoms with Gasteiger partial charge < -0.3 is 9.84 Å². The Hall–Kier alpha value is -2.02. The fourth-order valence-electron chi connectivity index (χ4n) is 3.39. The van der Waals surface area contributed by atoms with Gasteiger partial charge in [0, 0.05) is 11.6 Å². The maximum absolute atomic E-state index is 11.3. The highest BCUT2D eigenvalue weighted by Crippen LogP contribution is 2.36. The molecule has 1 aliphatic rings. The maximum Gasteiger partial charge on any atom is 0.316 e. The third kappa shape index (κ3) is 5.07. The molecular weight excluding hydrogens is 374 g/mol. The molecule has 0 spiro atoms. The topological polar surface area (TPSA) is 77.2 Å². The van der Waals surface area contributed by atoms with Crippen LogP contribution in [-0.4, -0.2) is 37.7 Å². The molecule has 7 heteroatoms. The fraction of sp³-hybridized carbons (Fsp3) is 0.571. The third-order valence-corrected chi connectivity index (χ3v) is 5.97. The quantitative estimate of drug-likeness (QED) is 0.622. The molecule has 6 nitrogen and oxygen atoms in total. The molecule has 28 heavy (non-hydrogen) atoms. The van der Waals surface area contributed by atoms with Crippen molar-refractivity contribution in [2.75, 3.05) is 6.61 Å². The third-order valence-electron chi connectivity index (χ3n) is 4.93. The monoisotopic (exact) mass is 403 g/mol. The lowest BCUT2D eigenvalue weighted by molar-refractivity contribution is -0.136. The van der Waals surface area contributed by atoms with Crippen molar-refractivity contribution in [1.29, 1.82) is 0 Å². The van der Waals surface area contributed by atoms with Crippen LogP contribution in [0.3, 0.4) is 0 Å². The minimum absolute atomic E-state index is 0.319. The van der Waals surface area contributed by atoms with Crippen LogP contribution in [0, 0.1) is 5.92 Å². The van der Waals surface area contributed by atoms with Crippen molar-refractivity contribution in [2.45, 2.75) is 69.3 Å². The number of aromatic nitrogens is 3. The Morgan fingerprint density at radius 2 is 1.86 bits per heavy atom. The molecule has 1 fully saturated rings.